The largest absolute Gasteiger partial charge is 0.487 e. The Labute approximate surface area is 199 Å². The maximum absolute atomic E-state index is 12.6. The molecule has 1 amide bonds. The van der Waals surface area contributed by atoms with Crippen molar-refractivity contribution < 1.29 is 28.1 Å². The standard InChI is InChI=1S/C22H27FINO5S/c1-22(2,3)30-21(26)25-11-13-28-17(14-25)20(18-8-9-19(24)31-18)29-16-7-5-4-6-15(16)27-12-10-23/h4-9,17,20H,10-14H2,1-3H3/t17?,20-/m1/s1. The molecular weight excluding hydrogens is 536 g/mol. The molecule has 6 nitrogen and oxygen atoms in total. The molecule has 2 heterocycles. The van der Waals surface area contributed by atoms with Gasteiger partial charge in [-0.15, -0.1) is 11.3 Å². The van der Waals surface area contributed by atoms with Crippen LogP contribution < -0.4 is 9.47 Å². The van der Waals surface area contributed by atoms with E-state index >= 15 is 0 Å². The molecule has 3 rings (SSSR count). The molecule has 0 bridgehead atoms. The molecule has 0 N–H and O–H groups in total. The van der Waals surface area contributed by atoms with Crippen molar-refractivity contribution in [1.29, 1.82) is 0 Å². The van der Waals surface area contributed by atoms with Crippen LogP contribution in [0, 0.1) is 2.88 Å². The number of carbonyl (C=O) groups is 1. The molecule has 2 aromatic rings. The lowest BCUT2D eigenvalue weighted by Crippen LogP contribution is -2.49. The molecule has 1 aromatic heterocycles. The van der Waals surface area contributed by atoms with Crippen LogP contribution in [0.3, 0.4) is 0 Å². The van der Waals surface area contributed by atoms with Gasteiger partial charge < -0.3 is 23.8 Å². The molecule has 1 aliphatic heterocycles. The van der Waals surface area contributed by atoms with Crippen molar-refractivity contribution in [2.75, 3.05) is 33.0 Å². The Morgan fingerprint density at radius 1 is 1.29 bits per heavy atom. The van der Waals surface area contributed by atoms with E-state index in [4.69, 9.17) is 18.9 Å². The van der Waals surface area contributed by atoms with E-state index in [0.717, 1.165) is 7.76 Å². The molecule has 0 radical (unpaired) electrons. The van der Waals surface area contributed by atoms with Crippen LogP contribution in [0.4, 0.5) is 9.18 Å². The predicted octanol–water partition coefficient (Wildman–Crippen LogP) is 5.46. The number of hydrogen-bond acceptors (Lipinski definition) is 6. The van der Waals surface area contributed by atoms with E-state index in [1.165, 1.54) is 0 Å². The van der Waals surface area contributed by atoms with Crippen LogP contribution in [-0.4, -0.2) is 55.7 Å². The molecule has 1 unspecified atom stereocenters. The molecule has 0 aliphatic carbocycles. The first kappa shape index (κ1) is 24.1. The van der Waals surface area contributed by atoms with Crippen molar-refractivity contribution in [1.82, 2.24) is 4.90 Å². The summed E-state index contributed by atoms with van der Waals surface area (Å²) in [6.45, 7) is 6.07. The second-order valence-corrected chi connectivity index (χ2v) is 11.0. The molecule has 1 aliphatic rings. The molecule has 9 heteroatoms. The summed E-state index contributed by atoms with van der Waals surface area (Å²) in [6, 6.07) is 11.2. The van der Waals surface area contributed by atoms with Gasteiger partial charge >= 0.3 is 6.09 Å². The normalized spacial score (nSPS) is 17.8. The third-order valence-corrected chi connectivity index (χ3v) is 6.35. The minimum absolute atomic E-state index is 0.0473. The number of para-hydroxylation sites is 2. The van der Waals surface area contributed by atoms with E-state index in [0.29, 0.717) is 31.2 Å². The van der Waals surface area contributed by atoms with Gasteiger partial charge in [-0.3, -0.25) is 0 Å². The fraction of sp³-hybridized carbons (Fsp3) is 0.500. The number of hydrogen-bond donors (Lipinski definition) is 0. The highest BCUT2D eigenvalue weighted by molar-refractivity contribution is 14.1. The highest BCUT2D eigenvalue weighted by atomic mass is 127. The number of alkyl halides is 1. The first-order chi connectivity index (χ1) is 14.8. The third-order valence-electron chi connectivity index (χ3n) is 4.40. The van der Waals surface area contributed by atoms with Crippen molar-refractivity contribution in [2.24, 2.45) is 0 Å². The van der Waals surface area contributed by atoms with Crippen molar-refractivity contribution in [2.45, 2.75) is 38.6 Å². The first-order valence-corrected chi connectivity index (χ1v) is 12.0. The average Bonchev–Trinajstić information content (AvgIpc) is 3.16. The van der Waals surface area contributed by atoms with Crippen molar-refractivity contribution in [3.8, 4) is 11.5 Å². The van der Waals surface area contributed by atoms with E-state index in [1.54, 1.807) is 28.4 Å². The van der Waals surface area contributed by atoms with E-state index in [1.807, 2.05) is 45.0 Å². The SMILES string of the molecule is CC(C)(C)OC(=O)N1CCOC([C@@H](Oc2ccccc2OCCF)c2ccc(I)s2)C1. The van der Waals surface area contributed by atoms with Gasteiger partial charge in [-0.2, -0.15) is 0 Å². The Morgan fingerprint density at radius 3 is 2.68 bits per heavy atom. The van der Waals surface area contributed by atoms with Gasteiger partial charge in [-0.05, 0) is 67.6 Å². The van der Waals surface area contributed by atoms with Crippen LogP contribution >= 0.6 is 33.9 Å². The summed E-state index contributed by atoms with van der Waals surface area (Å²) < 4.78 is 37.2. The van der Waals surface area contributed by atoms with Gasteiger partial charge in [0, 0.05) is 11.4 Å². The number of morpholine rings is 1. The van der Waals surface area contributed by atoms with Crippen molar-refractivity contribution in [3.05, 3.63) is 44.2 Å². The predicted molar refractivity (Wildman–Crippen MR) is 126 cm³/mol. The summed E-state index contributed by atoms with van der Waals surface area (Å²) in [5.41, 5.74) is -0.572. The molecule has 1 saturated heterocycles. The topological polar surface area (TPSA) is 57.2 Å². The van der Waals surface area contributed by atoms with Crippen LogP contribution in [0.15, 0.2) is 36.4 Å². The van der Waals surface area contributed by atoms with Crippen LogP contribution in [-0.2, 0) is 9.47 Å². The van der Waals surface area contributed by atoms with Crippen molar-refractivity contribution in [3.63, 3.8) is 0 Å². The Bertz CT molecular complexity index is 872. The molecule has 1 aromatic carbocycles. The lowest BCUT2D eigenvalue weighted by Gasteiger charge is -2.37. The van der Waals surface area contributed by atoms with E-state index < -0.39 is 24.5 Å². The summed E-state index contributed by atoms with van der Waals surface area (Å²) in [7, 11) is 0. The number of halogens is 2. The Hall–Kier alpha value is -1.59. The Kier molecular flexibility index (Phi) is 8.40. The third kappa shape index (κ3) is 6.95. The van der Waals surface area contributed by atoms with Crippen LogP contribution in [0.5, 0.6) is 11.5 Å². The van der Waals surface area contributed by atoms with Gasteiger partial charge in [0.1, 0.15) is 25.0 Å². The van der Waals surface area contributed by atoms with Gasteiger partial charge in [0.2, 0.25) is 0 Å². The maximum atomic E-state index is 12.6. The Balaban J connectivity index is 1.82. The number of rotatable bonds is 7. The zero-order chi connectivity index (χ0) is 22.4. The Morgan fingerprint density at radius 2 is 2.03 bits per heavy atom. The smallest absolute Gasteiger partial charge is 0.410 e. The van der Waals surface area contributed by atoms with Gasteiger partial charge in [-0.25, -0.2) is 9.18 Å². The van der Waals surface area contributed by atoms with Gasteiger partial charge in [0.15, 0.2) is 17.6 Å². The van der Waals surface area contributed by atoms with E-state index in [2.05, 4.69) is 22.6 Å². The van der Waals surface area contributed by atoms with Crippen LogP contribution in [0.1, 0.15) is 31.8 Å². The van der Waals surface area contributed by atoms with E-state index in [-0.39, 0.29) is 12.7 Å². The highest BCUT2D eigenvalue weighted by Gasteiger charge is 2.35. The molecule has 1 fully saturated rings. The number of benzene rings is 1. The molecule has 170 valence electrons. The minimum Gasteiger partial charge on any atom is -0.487 e. The van der Waals surface area contributed by atoms with Crippen LogP contribution in [0.25, 0.3) is 0 Å². The summed E-state index contributed by atoms with van der Waals surface area (Å²) in [4.78, 5) is 15.2. The molecular formula is C22H27FINO5S. The maximum Gasteiger partial charge on any atom is 0.410 e. The summed E-state index contributed by atoms with van der Waals surface area (Å²) in [6.07, 6.45) is -1.23. The summed E-state index contributed by atoms with van der Waals surface area (Å²) in [5, 5.41) is 0. The van der Waals surface area contributed by atoms with Gasteiger partial charge in [0.05, 0.1) is 16.0 Å². The monoisotopic (exact) mass is 563 g/mol. The lowest BCUT2D eigenvalue weighted by atomic mass is 10.1. The zero-order valence-corrected chi connectivity index (χ0v) is 20.8. The minimum atomic E-state index is -0.586. The van der Waals surface area contributed by atoms with Crippen LogP contribution in [0.2, 0.25) is 0 Å². The number of ether oxygens (including phenoxy) is 4. The first-order valence-electron chi connectivity index (χ1n) is 10.1. The molecule has 0 saturated carbocycles. The summed E-state index contributed by atoms with van der Waals surface area (Å²) >= 11 is 3.86. The van der Waals surface area contributed by atoms with Gasteiger partial charge in [-0.1, -0.05) is 12.1 Å². The zero-order valence-electron chi connectivity index (χ0n) is 17.8. The highest BCUT2D eigenvalue weighted by Crippen LogP contribution is 2.37. The fourth-order valence-electron chi connectivity index (χ4n) is 3.10. The number of carbonyl (C=O) groups excluding carboxylic acids is 1. The lowest BCUT2D eigenvalue weighted by molar-refractivity contribution is -0.0832. The quantitative estimate of drug-likeness (QED) is 0.419. The second-order valence-electron chi connectivity index (χ2n) is 8.00. The number of amides is 1. The fourth-order valence-corrected chi connectivity index (χ4v) is 4.86. The second kappa shape index (κ2) is 10.8. The number of thiophene rings is 1. The molecule has 2 atom stereocenters. The average molecular weight is 563 g/mol. The van der Waals surface area contributed by atoms with E-state index in [9.17, 15) is 9.18 Å². The molecule has 31 heavy (non-hydrogen) atoms. The van der Waals surface area contributed by atoms with Gasteiger partial charge in [0.25, 0.3) is 0 Å². The molecule has 0 spiro atoms. The summed E-state index contributed by atoms with van der Waals surface area (Å²) in [5.74, 6) is 0.971. The van der Waals surface area contributed by atoms with Crippen molar-refractivity contribution >= 4 is 40.0 Å². The number of nitrogens with zero attached hydrogens (tertiary/aromatic N) is 1.